The maximum Gasteiger partial charge on any atom is 0.415 e. The minimum atomic E-state index is -0.351. The van der Waals surface area contributed by atoms with Crippen molar-refractivity contribution in [2.45, 2.75) is 33.1 Å². The topological polar surface area (TPSA) is 60.5 Å². The standard InChI is InChI=1S/C33H38N2O5S/c1-4-35(5-2)33(36)40-28-17-18-29-30(23-28)41-32(24-9-11-25(37-3)12-10-24)31(29)39-27-15-13-26(14-16-27)38-22-21-34-19-7-6-8-20-34/h9-18,23H,4-8,19-22H2,1-3H3. The van der Waals surface area contributed by atoms with Gasteiger partial charge in [-0.05, 0) is 112 Å². The molecule has 0 N–H and O–H groups in total. The Hall–Kier alpha value is -3.75. The number of methoxy groups -OCH3 is 1. The summed E-state index contributed by atoms with van der Waals surface area (Å²) in [5, 5.41) is 0.949. The van der Waals surface area contributed by atoms with Crippen LogP contribution in [0, 0.1) is 0 Å². The molecule has 1 aliphatic heterocycles. The van der Waals surface area contributed by atoms with E-state index < -0.39 is 0 Å². The van der Waals surface area contributed by atoms with E-state index in [0.29, 0.717) is 25.4 Å². The van der Waals surface area contributed by atoms with E-state index in [-0.39, 0.29) is 6.09 Å². The molecule has 41 heavy (non-hydrogen) atoms. The molecule has 0 bridgehead atoms. The molecule has 5 rings (SSSR count). The van der Waals surface area contributed by atoms with Crippen LogP contribution in [0.15, 0.2) is 66.7 Å². The number of likely N-dealkylation sites (tertiary alicyclic amines) is 1. The minimum Gasteiger partial charge on any atom is -0.497 e. The van der Waals surface area contributed by atoms with Gasteiger partial charge >= 0.3 is 6.09 Å². The number of hydrogen-bond donors (Lipinski definition) is 0. The Balaban J connectivity index is 1.37. The summed E-state index contributed by atoms with van der Waals surface area (Å²) < 4.78 is 24.5. The van der Waals surface area contributed by atoms with E-state index in [4.69, 9.17) is 18.9 Å². The molecule has 0 unspecified atom stereocenters. The molecular formula is C33H38N2O5S. The van der Waals surface area contributed by atoms with E-state index in [1.54, 1.807) is 23.3 Å². The second-order valence-electron chi connectivity index (χ2n) is 10.0. The van der Waals surface area contributed by atoms with Gasteiger partial charge in [-0.1, -0.05) is 6.42 Å². The lowest BCUT2D eigenvalue weighted by Gasteiger charge is -2.26. The zero-order valence-corrected chi connectivity index (χ0v) is 24.9. The molecular weight excluding hydrogens is 536 g/mol. The van der Waals surface area contributed by atoms with Gasteiger partial charge in [-0.25, -0.2) is 4.79 Å². The maximum absolute atomic E-state index is 12.5. The average molecular weight is 575 g/mol. The van der Waals surface area contributed by atoms with Crippen LogP contribution in [0.25, 0.3) is 20.5 Å². The van der Waals surface area contributed by atoms with Crippen LogP contribution in [0.3, 0.4) is 0 Å². The number of fused-ring (bicyclic) bond motifs is 1. The Morgan fingerprint density at radius 3 is 2.20 bits per heavy atom. The third kappa shape index (κ3) is 7.13. The number of benzene rings is 3. The molecule has 1 amide bonds. The first-order valence-corrected chi connectivity index (χ1v) is 15.2. The highest BCUT2D eigenvalue weighted by Crippen LogP contribution is 2.47. The van der Waals surface area contributed by atoms with Crippen molar-refractivity contribution in [2.24, 2.45) is 0 Å². The third-order valence-electron chi connectivity index (χ3n) is 7.36. The summed E-state index contributed by atoms with van der Waals surface area (Å²) in [6.45, 7) is 9.03. The van der Waals surface area contributed by atoms with Gasteiger partial charge in [0, 0.05) is 29.7 Å². The average Bonchev–Trinajstić information content (AvgIpc) is 3.36. The predicted octanol–water partition coefficient (Wildman–Crippen LogP) is 8.07. The van der Waals surface area contributed by atoms with E-state index in [1.165, 1.54) is 32.4 Å². The molecule has 4 aromatic rings. The summed E-state index contributed by atoms with van der Waals surface area (Å²) in [7, 11) is 1.66. The molecule has 0 spiro atoms. The number of piperidine rings is 1. The van der Waals surface area contributed by atoms with Crippen molar-refractivity contribution in [1.82, 2.24) is 9.80 Å². The number of carbonyl (C=O) groups is 1. The first-order chi connectivity index (χ1) is 20.1. The summed E-state index contributed by atoms with van der Waals surface area (Å²) in [6.07, 6.45) is 3.55. The van der Waals surface area contributed by atoms with E-state index in [1.807, 2.05) is 80.6 Å². The number of thiophene rings is 1. The molecule has 1 aromatic heterocycles. The van der Waals surface area contributed by atoms with Gasteiger partial charge in [-0.2, -0.15) is 0 Å². The van der Waals surface area contributed by atoms with Crippen molar-refractivity contribution in [3.05, 3.63) is 66.7 Å². The Labute approximate surface area is 246 Å². The first kappa shape index (κ1) is 28.8. The molecule has 8 heteroatoms. The van der Waals surface area contributed by atoms with Gasteiger partial charge < -0.3 is 23.8 Å². The molecule has 0 saturated carbocycles. The minimum absolute atomic E-state index is 0.351. The van der Waals surface area contributed by atoms with Crippen molar-refractivity contribution in [2.75, 3.05) is 46.4 Å². The fourth-order valence-corrected chi connectivity index (χ4v) is 6.16. The monoisotopic (exact) mass is 574 g/mol. The molecule has 1 aliphatic rings. The lowest BCUT2D eigenvalue weighted by molar-refractivity contribution is 0.157. The number of hydrogen-bond acceptors (Lipinski definition) is 7. The van der Waals surface area contributed by atoms with Crippen LogP contribution in [0.1, 0.15) is 33.1 Å². The van der Waals surface area contributed by atoms with Gasteiger partial charge in [-0.3, -0.25) is 4.90 Å². The second-order valence-corrected chi connectivity index (χ2v) is 11.1. The molecule has 1 fully saturated rings. The van der Waals surface area contributed by atoms with Crippen molar-refractivity contribution >= 4 is 27.5 Å². The van der Waals surface area contributed by atoms with Crippen LogP contribution in [0.2, 0.25) is 0 Å². The number of ether oxygens (including phenoxy) is 4. The van der Waals surface area contributed by atoms with Gasteiger partial charge in [0.05, 0.1) is 12.0 Å². The Kier molecular flexibility index (Phi) is 9.64. The fraction of sp³-hybridized carbons (Fsp3) is 0.364. The smallest absolute Gasteiger partial charge is 0.415 e. The molecule has 0 atom stereocenters. The zero-order valence-electron chi connectivity index (χ0n) is 24.1. The van der Waals surface area contributed by atoms with Gasteiger partial charge in [0.25, 0.3) is 0 Å². The zero-order chi connectivity index (χ0) is 28.6. The van der Waals surface area contributed by atoms with Crippen molar-refractivity contribution in [1.29, 1.82) is 0 Å². The van der Waals surface area contributed by atoms with Crippen LogP contribution < -0.4 is 18.9 Å². The summed E-state index contributed by atoms with van der Waals surface area (Å²) in [6, 6.07) is 21.4. The largest absolute Gasteiger partial charge is 0.497 e. The van der Waals surface area contributed by atoms with E-state index in [2.05, 4.69) is 4.90 Å². The summed E-state index contributed by atoms with van der Waals surface area (Å²) in [4.78, 5) is 17.6. The molecule has 0 radical (unpaired) electrons. The molecule has 1 saturated heterocycles. The number of carbonyl (C=O) groups excluding carboxylic acids is 1. The third-order valence-corrected chi connectivity index (χ3v) is 8.55. The number of amides is 1. The first-order valence-electron chi connectivity index (χ1n) is 14.4. The van der Waals surface area contributed by atoms with E-state index in [9.17, 15) is 4.79 Å². The molecule has 3 aromatic carbocycles. The second kappa shape index (κ2) is 13.7. The highest BCUT2D eigenvalue weighted by Gasteiger charge is 2.19. The number of nitrogens with zero attached hydrogens (tertiary/aromatic N) is 2. The van der Waals surface area contributed by atoms with E-state index in [0.717, 1.165) is 50.1 Å². The Morgan fingerprint density at radius 2 is 1.51 bits per heavy atom. The molecule has 0 aliphatic carbocycles. The SMILES string of the molecule is CCN(CC)C(=O)Oc1ccc2c(Oc3ccc(OCCN4CCCCC4)cc3)c(-c3ccc(OC)cc3)sc2c1. The lowest BCUT2D eigenvalue weighted by atomic mass is 10.1. The summed E-state index contributed by atoms with van der Waals surface area (Å²) in [5.74, 6) is 3.61. The molecule has 216 valence electrons. The van der Waals surface area contributed by atoms with Crippen LogP contribution >= 0.6 is 11.3 Å². The van der Waals surface area contributed by atoms with Crippen molar-refractivity contribution < 1.29 is 23.7 Å². The van der Waals surface area contributed by atoms with Gasteiger partial charge in [-0.15, -0.1) is 11.3 Å². The Morgan fingerprint density at radius 1 is 0.854 bits per heavy atom. The van der Waals surface area contributed by atoms with E-state index >= 15 is 0 Å². The van der Waals surface area contributed by atoms with Gasteiger partial charge in [0.15, 0.2) is 5.75 Å². The summed E-state index contributed by atoms with van der Waals surface area (Å²) in [5.41, 5.74) is 1.02. The maximum atomic E-state index is 12.5. The molecule has 2 heterocycles. The van der Waals surface area contributed by atoms with Crippen LogP contribution in [-0.4, -0.2) is 62.3 Å². The van der Waals surface area contributed by atoms with Crippen molar-refractivity contribution in [3.63, 3.8) is 0 Å². The number of rotatable bonds is 11. The normalized spacial score (nSPS) is 13.6. The van der Waals surface area contributed by atoms with Gasteiger partial charge in [0.2, 0.25) is 0 Å². The van der Waals surface area contributed by atoms with Crippen LogP contribution in [0.4, 0.5) is 4.79 Å². The van der Waals surface area contributed by atoms with Crippen LogP contribution in [-0.2, 0) is 0 Å². The van der Waals surface area contributed by atoms with Crippen LogP contribution in [0.5, 0.6) is 28.7 Å². The molecule has 7 nitrogen and oxygen atoms in total. The predicted molar refractivity (Wildman–Crippen MR) is 165 cm³/mol. The van der Waals surface area contributed by atoms with Gasteiger partial charge in [0.1, 0.15) is 29.6 Å². The summed E-state index contributed by atoms with van der Waals surface area (Å²) >= 11 is 1.60. The quantitative estimate of drug-likeness (QED) is 0.181. The Bertz CT molecular complexity index is 1420. The highest BCUT2D eigenvalue weighted by molar-refractivity contribution is 7.22. The van der Waals surface area contributed by atoms with Crippen molar-refractivity contribution in [3.8, 4) is 39.2 Å². The lowest BCUT2D eigenvalue weighted by Crippen LogP contribution is -2.33. The highest BCUT2D eigenvalue weighted by atomic mass is 32.1. The fourth-order valence-electron chi connectivity index (χ4n) is 5.00.